The zero-order valence-electron chi connectivity index (χ0n) is 14.5. The van der Waals surface area contributed by atoms with Crippen LogP contribution in [0.4, 0.5) is 0 Å². The number of aromatic nitrogens is 2. The van der Waals surface area contributed by atoms with Crippen molar-refractivity contribution in [1.82, 2.24) is 9.55 Å². The number of rotatable bonds is 6. The van der Waals surface area contributed by atoms with E-state index in [4.69, 9.17) is 0 Å². The monoisotopic (exact) mass is 372 g/mol. The molecule has 0 aliphatic heterocycles. The SMILES string of the molecule is CCc1ccc(CC)c(C(=O)CSc2nc3ccsc3c(=O)n2C)c1. The van der Waals surface area contributed by atoms with E-state index >= 15 is 0 Å². The average molecular weight is 373 g/mol. The number of thioether (sulfide) groups is 1. The molecule has 0 bridgehead atoms. The standard InChI is InChI=1S/C19H20N2O2S2/c1-4-12-6-7-13(5-2)14(10-12)16(22)11-25-19-20-15-8-9-24-17(15)18(23)21(19)3/h6-10H,4-5,11H2,1-3H3. The number of hydrogen-bond donors (Lipinski definition) is 0. The fourth-order valence-electron chi connectivity index (χ4n) is 2.72. The number of nitrogens with zero attached hydrogens (tertiary/aromatic N) is 2. The Labute approximate surface area is 154 Å². The van der Waals surface area contributed by atoms with Gasteiger partial charge in [-0.1, -0.05) is 37.7 Å². The molecule has 0 radical (unpaired) electrons. The molecule has 130 valence electrons. The molecule has 0 spiro atoms. The second kappa shape index (κ2) is 7.54. The summed E-state index contributed by atoms with van der Waals surface area (Å²) in [6.45, 7) is 4.14. The van der Waals surface area contributed by atoms with Crippen LogP contribution < -0.4 is 5.56 Å². The minimum atomic E-state index is -0.0582. The maximum atomic E-state index is 12.7. The first-order valence-electron chi connectivity index (χ1n) is 8.27. The van der Waals surface area contributed by atoms with Crippen LogP contribution in [-0.4, -0.2) is 21.1 Å². The summed E-state index contributed by atoms with van der Waals surface area (Å²) in [5.41, 5.74) is 3.66. The Hall–Kier alpha value is -1.92. The number of carbonyl (C=O) groups excluding carboxylic acids is 1. The van der Waals surface area contributed by atoms with Crippen molar-refractivity contribution in [3.05, 3.63) is 56.7 Å². The summed E-state index contributed by atoms with van der Waals surface area (Å²) in [6.07, 6.45) is 1.73. The maximum absolute atomic E-state index is 12.7. The van der Waals surface area contributed by atoms with E-state index in [1.165, 1.54) is 27.7 Å². The molecule has 4 nitrogen and oxygen atoms in total. The summed E-state index contributed by atoms with van der Waals surface area (Å²) < 4.78 is 2.18. The van der Waals surface area contributed by atoms with Crippen LogP contribution in [0.25, 0.3) is 10.2 Å². The van der Waals surface area contributed by atoms with Gasteiger partial charge in [-0.2, -0.15) is 0 Å². The molecule has 3 rings (SSSR count). The van der Waals surface area contributed by atoms with E-state index in [2.05, 4.69) is 24.9 Å². The van der Waals surface area contributed by atoms with Gasteiger partial charge in [-0.15, -0.1) is 11.3 Å². The van der Waals surface area contributed by atoms with E-state index in [9.17, 15) is 9.59 Å². The first-order chi connectivity index (χ1) is 12.0. The molecular formula is C19H20N2O2S2. The molecule has 0 atom stereocenters. The van der Waals surface area contributed by atoms with Crippen LogP contribution in [-0.2, 0) is 19.9 Å². The first-order valence-corrected chi connectivity index (χ1v) is 10.1. The van der Waals surface area contributed by atoms with E-state index in [1.54, 1.807) is 7.05 Å². The van der Waals surface area contributed by atoms with Gasteiger partial charge in [0.25, 0.3) is 5.56 Å². The van der Waals surface area contributed by atoms with Crippen molar-refractivity contribution in [2.24, 2.45) is 7.05 Å². The highest BCUT2D eigenvalue weighted by molar-refractivity contribution is 7.99. The Morgan fingerprint density at radius 1 is 1.24 bits per heavy atom. The van der Waals surface area contributed by atoms with Gasteiger partial charge in [-0.05, 0) is 41.5 Å². The fourth-order valence-corrected chi connectivity index (χ4v) is 4.38. The second-order valence-corrected chi connectivity index (χ2v) is 7.66. The summed E-state index contributed by atoms with van der Waals surface area (Å²) in [6, 6.07) is 7.96. The molecule has 0 amide bonds. The zero-order chi connectivity index (χ0) is 18.0. The molecule has 0 fully saturated rings. The van der Waals surface area contributed by atoms with Crippen molar-refractivity contribution in [2.45, 2.75) is 31.8 Å². The quantitative estimate of drug-likeness (QED) is 0.371. The van der Waals surface area contributed by atoms with Gasteiger partial charge < -0.3 is 0 Å². The largest absolute Gasteiger partial charge is 0.293 e. The molecule has 25 heavy (non-hydrogen) atoms. The second-order valence-electron chi connectivity index (χ2n) is 5.80. The van der Waals surface area contributed by atoms with Crippen LogP contribution in [0, 0.1) is 0 Å². The summed E-state index contributed by atoms with van der Waals surface area (Å²) in [7, 11) is 1.70. The molecule has 3 aromatic rings. The molecule has 0 aliphatic rings. The van der Waals surface area contributed by atoms with E-state index in [1.807, 2.05) is 23.6 Å². The molecule has 1 aromatic carbocycles. The van der Waals surface area contributed by atoms with Crippen LogP contribution in [0.5, 0.6) is 0 Å². The Morgan fingerprint density at radius 2 is 2.04 bits per heavy atom. The lowest BCUT2D eigenvalue weighted by atomic mass is 9.98. The predicted molar refractivity (Wildman–Crippen MR) is 105 cm³/mol. The van der Waals surface area contributed by atoms with Crippen LogP contribution in [0.2, 0.25) is 0 Å². The summed E-state index contributed by atoms with van der Waals surface area (Å²) in [5.74, 6) is 0.354. The highest BCUT2D eigenvalue weighted by Crippen LogP contribution is 2.22. The average Bonchev–Trinajstić information content (AvgIpc) is 3.11. The van der Waals surface area contributed by atoms with E-state index in [-0.39, 0.29) is 17.1 Å². The minimum absolute atomic E-state index is 0.0582. The van der Waals surface area contributed by atoms with E-state index in [0.717, 1.165) is 29.5 Å². The topological polar surface area (TPSA) is 52.0 Å². The van der Waals surface area contributed by atoms with Crippen molar-refractivity contribution in [3.63, 3.8) is 0 Å². The third-order valence-electron chi connectivity index (χ3n) is 4.24. The van der Waals surface area contributed by atoms with Crippen LogP contribution in [0.3, 0.4) is 0 Å². The number of fused-ring (bicyclic) bond motifs is 1. The van der Waals surface area contributed by atoms with Crippen molar-refractivity contribution >= 4 is 39.1 Å². The fraction of sp³-hybridized carbons (Fsp3) is 0.316. The van der Waals surface area contributed by atoms with Crippen molar-refractivity contribution in [1.29, 1.82) is 0 Å². The number of aryl methyl sites for hydroxylation is 2. The van der Waals surface area contributed by atoms with Crippen LogP contribution in [0.1, 0.15) is 35.3 Å². The molecule has 6 heteroatoms. The Bertz CT molecular complexity index is 989. The van der Waals surface area contributed by atoms with Crippen molar-refractivity contribution in [3.8, 4) is 0 Å². The van der Waals surface area contributed by atoms with Crippen LogP contribution >= 0.6 is 23.1 Å². The summed E-state index contributed by atoms with van der Waals surface area (Å²) in [5, 5.41) is 2.44. The number of benzene rings is 1. The van der Waals surface area contributed by atoms with Gasteiger partial charge in [0.15, 0.2) is 10.9 Å². The van der Waals surface area contributed by atoms with Gasteiger partial charge in [0.1, 0.15) is 4.70 Å². The Kier molecular flexibility index (Phi) is 5.39. The number of thiophene rings is 1. The zero-order valence-corrected chi connectivity index (χ0v) is 16.2. The minimum Gasteiger partial charge on any atom is -0.293 e. The third kappa shape index (κ3) is 3.55. The Balaban J connectivity index is 1.86. The lowest BCUT2D eigenvalue weighted by molar-refractivity contribution is 0.102. The van der Waals surface area contributed by atoms with Gasteiger partial charge in [0, 0.05) is 12.6 Å². The highest BCUT2D eigenvalue weighted by Gasteiger charge is 2.15. The Morgan fingerprint density at radius 3 is 2.76 bits per heavy atom. The maximum Gasteiger partial charge on any atom is 0.271 e. The van der Waals surface area contributed by atoms with Crippen molar-refractivity contribution < 1.29 is 4.79 Å². The predicted octanol–water partition coefficient (Wildman–Crippen LogP) is 4.09. The van der Waals surface area contributed by atoms with Gasteiger partial charge in [0.2, 0.25) is 0 Å². The molecule has 0 aliphatic carbocycles. The number of ketones is 1. The summed E-state index contributed by atoms with van der Waals surface area (Å²) >= 11 is 2.72. The lowest BCUT2D eigenvalue weighted by Gasteiger charge is -2.10. The van der Waals surface area contributed by atoms with Gasteiger partial charge >= 0.3 is 0 Å². The van der Waals surface area contributed by atoms with Crippen LogP contribution in [0.15, 0.2) is 39.6 Å². The smallest absolute Gasteiger partial charge is 0.271 e. The molecule has 2 heterocycles. The van der Waals surface area contributed by atoms with Crippen molar-refractivity contribution in [2.75, 3.05) is 5.75 Å². The highest BCUT2D eigenvalue weighted by atomic mass is 32.2. The van der Waals surface area contributed by atoms with E-state index in [0.29, 0.717) is 15.4 Å². The third-order valence-corrected chi connectivity index (χ3v) is 6.16. The first kappa shape index (κ1) is 17.9. The van der Waals surface area contributed by atoms with Gasteiger partial charge in [-0.3, -0.25) is 14.2 Å². The molecule has 0 unspecified atom stereocenters. The normalized spacial score (nSPS) is 11.2. The number of carbonyl (C=O) groups is 1. The molecule has 2 aromatic heterocycles. The molecule has 0 saturated heterocycles. The molecule has 0 saturated carbocycles. The van der Waals surface area contributed by atoms with Gasteiger partial charge in [-0.25, -0.2) is 4.98 Å². The molecule has 0 N–H and O–H groups in total. The number of Topliss-reactive ketones (excluding diaryl/α,β-unsaturated/α-hetero) is 1. The lowest BCUT2D eigenvalue weighted by Crippen LogP contribution is -2.19. The molecular weight excluding hydrogens is 352 g/mol. The summed E-state index contributed by atoms with van der Waals surface area (Å²) in [4.78, 5) is 29.6. The van der Waals surface area contributed by atoms with E-state index < -0.39 is 0 Å². The van der Waals surface area contributed by atoms with Gasteiger partial charge in [0.05, 0.1) is 11.3 Å². The number of hydrogen-bond acceptors (Lipinski definition) is 5.